The van der Waals surface area contributed by atoms with Crippen LogP contribution >= 0.6 is 0 Å². The second kappa shape index (κ2) is 5.25. The van der Waals surface area contributed by atoms with Crippen LogP contribution in [0.3, 0.4) is 0 Å². The third-order valence-electron chi connectivity index (χ3n) is 2.87. The Morgan fingerprint density at radius 1 is 1.44 bits per heavy atom. The summed E-state index contributed by atoms with van der Waals surface area (Å²) in [5, 5.41) is 9.23. The summed E-state index contributed by atoms with van der Waals surface area (Å²) >= 11 is 0. The highest BCUT2D eigenvalue weighted by Gasteiger charge is 2.45. The minimum Gasteiger partial charge on any atom is -0.481 e. The average Bonchev–Trinajstić information content (AvgIpc) is 2.64. The standard InChI is InChI=1S/C13H18O5/c1-5-17-12(16)10(11(14)15)13(3,4)9-7-6-8(2)18-9/h6-7,10H,5H2,1-4H3,(H,14,15). The molecule has 1 rings (SSSR count). The van der Waals surface area contributed by atoms with Gasteiger partial charge in [0, 0.05) is 5.41 Å². The largest absolute Gasteiger partial charge is 0.481 e. The Morgan fingerprint density at radius 2 is 2.06 bits per heavy atom. The number of carbonyl (C=O) groups is 2. The van der Waals surface area contributed by atoms with E-state index in [9.17, 15) is 14.7 Å². The van der Waals surface area contributed by atoms with Gasteiger partial charge in [0.1, 0.15) is 11.5 Å². The number of carboxylic acids is 1. The van der Waals surface area contributed by atoms with Crippen molar-refractivity contribution in [2.45, 2.75) is 33.1 Å². The zero-order valence-corrected chi connectivity index (χ0v) is 11.0. The topological polar surface area (TPSA) is 76.7 Å². The summed E-state index contributed by atoms with van der Waals surface area (Å²) in [6.07, 6.45) is 0. The number of hydrogen-bond donors (Lipinski definition) is 1. The molecule has 1 heterocycles. The second-order valence-electron chi connectivity index (χ2n) is 4.66. The fourth-order valence-corrected chi connectivity index (χ4v) is 1.85. The van der Waals surface area contributed by atoms with E-state index in [0.29, 0.717) is 11.5 Å². The van der Waals surface area contributed by atoms with Crippen molar-refractivity contribution in [1.82, 2.24) is 0 Å². The first kappa shape index (κ1) is 14.3. The average molecular weight is 254 g/mol. The molecule has 0 radical (unpaired) electrons. The first-order valence-electron chi connectivity index (χ1n) is 5.77. The van der Waals surface area contributed by atoms with Gasteiger partial charge in [-0.15, -0.1) is 0 Å². The van der Waals surface area contributed by atoms with Crippen molar-refractivity contribution >= 4 is 11.9 Å². The number of hydrogen-bond acceptors (Lipinski definition) is 4. The molecule has 0 aliphatic rings. The van der Waals surface area contributed by atoms with E-state index in [0.717, 1.165) is 0 Å². The number of furan rings is 1. The molecular weight excluding hydrogens is 236 g/mol. The van der Waals surface area contributed by atoms with Crippen molar-refractivity contribution in [2.75, 3.05) is 6.61 Å². The molecule has 5 nitrogen and oxygen atoms in total. The molecule has 0 fully saturated rings. The van der Waals surface area contributed by atoms with Gasteiger partial charge in [-0.3, -0.25) is 9.59 Å². The summed E-state index contributed by atoms with van der Waals surface area (Å²) in [6, 6.07) is 3.42. The minimum absolute atomic E-state index is 0.149. The highest BCUT2D eigenvalue weighted by atomic mass is 16.5. The fourth-order valence-electron chi connectivity index (χ4n) is 1.85. The first-order valence-corrected chi connectivity index (χ1v) is 5.77. The number of carbonyl (C=O) groups excluding carboxylic acids is 1. The highest BCUT2D eigenvalue weighted by Crippen LogP contribution is 2.34. The molecule has 0 aliphatic heterocycles. The molecule has 0 saturated carbocycles. The summed E-state index contributed by atoms with van der Waals surface area (Å²) in [7, 11) is 0. The van der Waals surface area contributed by atoms with E-state index in [2.05, 4.69) is 0 Å². The van der Waals surface area contributed by atoms with Crippen molar-refractivity contribution < 1.29 is 23.8 Å². The van der Waals surface area contributed by atoms with Crippen LogP contribution in [-0.4, -0.2) is 23.7 Å². The molecular formula is C13H18O5. The van der Waals surface area contributed by atoms with E-state index >= 15 is 0 Å². The van der Waals surface area contributed by atoms with Crippen molar-refractivity contribution in [3.05, 3.63) is 23.7 Å². The molecule has 5 heteroatoms. The van der Waals surface area contributed by atoms with Crippen LogP contribution in [-0.2, 0) is 19.7 Å². The molecule has 1 unspecified atom stereocenters. The number of aliphatic carboxylic acids is 1. The van der Waals surface area contributed by atoms with Crippen LogP contribution in [0.4, 0.5) is 0 Å². The lowest BCUT2D eigenvalue weighted by atomic mass is 9.76. The molecule has 18 heavy (non-hydrogen) atoms. The molecule has 0 bridgehead atoms. The maximum absolute atomic E-state index is 11.8. The normalized spacial score (nSPS) is 13.1. The Bertz CT molecular complexity index is 444. The monoisotopic (exact) mass is 254 g/mol. The zero-order chi connectivity index (χ0) is 13.9. The quantitative estimate of drug-likeness (QED) is 0.643. The van der Waals surface area contributed by atoms with Crippen molar-refractivity contribution in [2.24, 2.45) is 5.92 Å². The van der Waals surface area contributed by atoms with Crippen LogP contribution in [0.2, 0.25) is 0 Å². The highest BCUT2D eigenvalue weighted by molar-refractivity contribution is 5.95. The van der Waals surface area contributed by atoms with Crippen LogP contribution in [0.15, 0.2) is 16.5 Å². The Balaban J connectivity index is 3.11. The van der Waals surface area contributed by atoms with E-state index in [-0.39, 0.29) is 6.61 Å². The zero-order valence-electron chi connectivity index (χ0n) is 11.0. The van der Waals surface area contributed by atoms with Crippen molar-refractivity contribution in [3.8, 4) is 0 Å². The summed E-state index contributed by atoms with van der Waals surface area (Å²) < 4.78 is 10.3. The number of carboxylic acid groups (broad SMARTS) is 1. The Morgan fingerprint density at radius 3 is 2.44 bits per heavy atom. The smallest absolute Gasteiger partial charge is 0.321 e. The van der Waals surface area contributed by atoms with Crippen LogP contribution in [0.25, 0.3) is 0 Å². The molecule has 1 atom stereocenters. The third-order valence-corrected chi connectivity index (χ3v) is 2.87. The molecule has 0 saturated heterocycles. The third kappa shape index (κ3) is 2.72. The van der Waals surface area contributed by atoms with Gasteiger partial charge in [-0.25, -0.2) is 0 Å². The Labute approximate surface area is 106 Å². The minimum atomic E-state index is -1.29. The lowest BCUT2D eigenvalue weighted by Crippen LogP contribution is -2.41. The molecule has 1 aromatic rings. The maximum Gasteiger partial charge on any atom is 0.321 e. The van der Waals surface area contributed by atoms with Crippen molar-refractivity contribution in [1.29, 1.82) is 0 Å². The van der Waals surface area contributed by atoms with Gasteiger partial charge < -0.3 is 14.3 Å². The molecule has 0 amide bonds. The first-order chi connectivity index (χ1) is 8.30. The predicted octanol–water partition coefficient (Wildman–Crippen LogP) is 2.13. The molecule has 100 valence electrons. The van der Waals surface area contributed by atoms with Crippen LogP contribution in [0.5, 0.6) is 0 Å². The molecule has 0 aliphatic carbocycles. The van der Waals surface area contributed by atoms with Gasteiger partial charge in [0.05, 0.1) is 6.61 Å². The second-order valence-corrected chi connectivity index (χ2v) is 4.66. The van der Waals surface area contributed by atoms with Gasteiger partial charge in [0.15, 0.2) is 5.92 Å². The molecule has 1 aromatic heterocycles. The predicted molar refractivity (Wildman–Crippen MR) is 64.2 cm³/mol. The summed E-state index contributed by atoms with van der Waals surface area (Å²) in [5.41, 5.74) is -0.966. The molecule has 1 N–H and O–H groups in total. The van der Waals surface area contributed by atoms with Crippen LogP contribution in [0.1, 0.15) is 32.3 Å². The SMILES string of the molecule is CCOC(=O)C(C(=O)O)C(C)(C)c1ccc(C)o1. The van der Waals surface area contributed by atoms with E-state index in [1.54, 1.807) is 39.8 Å². The lowest BCUT2D eigenvalue weighted by molar-refractivity contribution is -0.161. The van der Waals surface area contributed by atoms with E-state index in [1.165, 1.54) is 0 Å². The lowest BCUT2D eigenvalue weighted by Gasteiger charge is -2.27. The summed E-state index contributed by atoms with van der Waals surface area (Å²) in [5.74, 6) is -2.12. The Kier molecular flexibility index (Phi) is 4.16. The number of rotatable bonds is 5. The van der Waals surface area contributed by atoms with E-state index in [4.69, 9.17) is 9.15 Å². The van der Waals surface area contributed by atoms with Gasteiger partial charge >= 0.3 is 11.9 Å². The van der Waals surface area contributed by atoms with Crippen LogP contribution < -0.4 is 0 Å². The van der Waals surface area contributed by atoms with E-state index < -0.39 is 23.3 Å². The van der Waals surface area contributed by atoms with Crippen molar-refractivity contribution in [3.63, 3.8) is 0 Å². The molecule has 0 spiro atoms. The van der Waals surface area contributed by atoms with Gasteiger partial charge in [0.2, 0.25) is 0 Å². The maximum atomic E-state index is 11.8. The van der Waals surface area contributed by atoms with Gasteiger partial charge in [-0.05, 0) is 26.0 Å². The summed E-state index contributed by atoms with van der Waals surface area (Å²) in [6.45, 7) is 6.86. The summed E-state index contributed by atoms with van der Waals surface area (Å²) in [4.78, 5) is 23.1. The Hall–Kier alpha value is -1.78. The fraction of sp³-hybridized carbons (Fsp3) is 0.538. The number of ether oxygens (including phenoxy) is 1. The van der Waals surface area contributed by atoms with Gasteiger partial charge in [0.25, 0.3) is 0 Å². The molecule has 0 aromatic carbocycles. The van der Waals surface area contributed by atoms with Gasteiger partial charge in [-0.2, -0.15) is 0 Å². The number of esters is 1. The number of aryl methyl sites for hydroxylation is 1. The van der Waals surface area contributed by atoms with E-state index in [1.807, 2.05) is 0 Å². The van der Waals surface area contributed by atoms with Crippen LogP contribution in [0, 0.1) is 12.8 Å². The van der Waals surface area contributed by atoms with Gasteiger partial charge in [-0.1, -0.05) is 13.8 Å².